The van der Waals surface area contributed by atoms with Crippen LogP contribution in [0, 0.1) is 0 Å². The number of fused-ring (bicyclic) bond motifs is 1. The predicted octanol–water partition coefficient (Wildman–Crippen LogP) is 4.65. The standard InChI is InChI=1S/C25H29N3O5/c1-5-14-28(24(31)33-25(2,3)4)27-22(29)18-12-10-17(11-13-18)16-26-23(30)21-15-19-8-6-7-9-20(19)32-21/h6-13,15H,5,14,16H2,1-4H3,(H,26,30)(H,27,29). The van der Waals surface area contributed by atoms with E-state index in [4.69, 9.17) is 9.15 Å². The molecule has 0 aliphatic rings. The van der Waals surface area contributed by atoms with Crippen LogP contribution in [0.4, 0.5) is 4.79 Å². The number of nitrogens with one attached hydrogen (secondary N) is 2. The van der Waals surface area contributed by atoms with Gasteiger partial charge in [0.15, 0.2) is 5.76 Å². The van der Waals surface area contributed by atoms with E-state index in [0.29, 0.717) is 24.1 Å². The maximum absolute atomic E-state index is 12.6. The highest BCUT2D eigenvalue weighted by atomic mass is 16.6. The summed E-state index contributed by atoms with van der Waals surface area (Å²) < 4.78 is 10.9. The van der Waals surface area contributed by atoms with Gasteiger partial charge in [0.25, 0.3) is 11.8 Å². The Hall–Kier alpha value is -3.81. The Kier molecular flexibility index (Phi) is 7.37. The number of amides is 3. The lowest BCUT2D eigenvalue weighted by atomic mass is 10.1. The quantitative estimate of drug-likeness (QED) is 0.531. The first-order valence-electron chi connectivity index (χ1n) is 10.8. The predicted molar refractivity (Wildman–Crippen MR) is 125 cm³/mol. The fourth-order valence-electron chi connectivity index (χ4n) is 3.06. The van der Waals surface area contributed by atoms with E-state index in [0.717, 1.165) is 10.9 Å². The van der Waals surface area contributed by atoms with Crippen LogP contribution in [-0.2, 0) is 11.3 Å². The minimum Gasteiger partial charge on any atom is -0.451 e. The Balaban J connectivity index is 1.57. The number of para-hydroxylation sites is 1. The molecule has 8 nitrogen and oxygen atoms in total. The number of carbonyl (C=O) groups excluding carboxylic acids is 3. The van der Waals surface area contributed by atoms with Crippen LogP contribution >= 0.6 is 0 Å². The van der Waals surface area contributed by atoms with E-state index >= 15 is 0 Å². The van der Waals surface area contributed by atoms with Gasteiger partial charge in [0.2, 0.25) is 0 Å². The molecule has 0 fully saturated rings. The fourth-order valence-corrected chi connectivity index (χ4v) is 3.06. The van der Waals surface area contributed by atoms with Gasteiger partial charge >= 0.3 is 6.09 Å². The Morgan fingerprint density at radius 3 is 2.33 bits per heavy atom. The second-order valence-electron chi connectivity index (χ2n) is 8.60. The fraction of sp³-hybridized carbons (Fsp3) is 0.320. The van der Waals surface area contributed by atoms with Gasteiger partial charge in [0, 0.05) is 24.0 Å². The minimum atomic E-state index is -0.664. The smallest absolute Gasteiger partial charge is 0.429 e. The monoisotopic (exact) mass is 451 g/mol. The van der Waals surface area contributed by atoms with E-state index in [1.807, 2.05) is 25.1 Å². The van der Waals surface area contributed by atoms with Crippen molar-refractivity contribution in [2.45, 2.75) is 46.3 Å². The summed E-state index contributed by atoms with van der Waals surface area (Å²) in [5, 5.41) is 4.85. The highest BCUT2D eigenvalue weighted by Crippen LogP contribution is 2.18. The second-order valence-corrected chi connectivity index (χ2v) is 8.60. The zero-order chi connectivity index (χ0) is 24.0. The van der Waals surface area contributed by atoms with Gasteiger partial charge in [-0.15, -0.1) is 0 Å². The average molecular weight is 452 g/mol. The number of nitrogens with zero attached hydrogens (tertiary/aromatic N) is 1. The topological polar surface area (TPSA) is 101 Å². The van der Waals surface area contributed by atoms with Crippen LogP contribution in [0.2, 0.25) is 0 Å². The van der Waals surface area contributed by atoms with E-state index < -0.39 is 17.6 Å². The Morgan fingerprint density at radius 2 is 1.70 bits per heavy atom. The first-order valence-corrected chi connectivity index (χ1v) is 10.8. The Morgan fingerprint density at radius 1 is 1.00 bits per heavy atom. The van der Waals surface area contributed by atoms with Crippen molar-refractivity contribution in [1.29, 1.82) is 0 Å². The molecule has 8 heteroatoms. The molecule has 0 saturated carbocycles. The van der Waals surface area contributed by atoms with Gasteiger partial charge in [-0.25, -0.2) is 9.80 Å². The number of carbonyl (C=O) groups is 3. The zero-order valence-electron chi connectivity index (χ0n) is 19.3. The first-order chi connectivity index (χ1) is 15.7. The molecule has 3 aromatic rings. The lowest BCUT2D eigenvalue weighted by molar-refractivity contribution is 0.0133. The molecule has 0 aliphatic heterocycles. The largest absolute Gasteiger partial charge is 0.451 e. The maximum Gasteiger partial charge on any atom is 0.429 e. The lowest BCUT2D eigenvalue weighted by Gasteiger charge is -2.27. The summed E-state index contributed by atoms with van der Waals surface area (Å²) in [5.74, 6) is -0.502. The van der Waals surface area contributed by atoms with Gasteiger partial charge in [-0.1, -0.05) is 37.3 Å². The van der Waals surface area contributed by atoms with Crippen molar-refractivity contribution >= 4 is 28.9 Å². The molecule has 2 aromatic carbocycles. The molecular formula is C25H29N3O5. The molecule has 0 bridgehead atoms. The molecule has 2 N–H and O–H groups in total. The number of hydrogen-bond donors (Lipinski definition) is 2. The molecule has 1 heterocycles. The van der Waals surface area contributed by atoms with E-state index in [1.54, 1.807) is 57.2 Å². The number of furan rings is 1. The van der Waals surface area contributed by atoms with Gasteiger partial charge in [0.1, 0.15) is 11.2 Å². The Labute approximate surface area is 192 Å². The van der Waals surface area contributed by atoms with E-state index in [1.165, 1.54) is 5.01 Å². The van der Waals surface area contributed by atoms with Gasteiger partial charge in [-0.2, -0.15) is 0 Å². The van der Waals surface area contributed by atoms with Crippen molar-refractivity contribution in [2.24, 2.45) is 0 Å². The van der Waals surface area contributed by atoms with Gasteiger partial charge in [-0.3, -0.25) is 15.0 Å². The van der Waals surface area contributed by atoms with Crippen molar-refractivity contribution in [2.75, 3.05) is 6.54 Å². The van der Waals surface area contributed by atoms with Crippen LogP contribution in [-0.4, -0.2) is 35.1 Å². The van der Waals surface area contributed by atoms with Crippen LogP contribution in [0.1, 0.15) is 60.6 Å². The Bertz CT molecular complexity index is 1100. The van der Waals surface area contributed by atoms with E-state index in [-0.39, 0.29) is 18.2 Å². The summed E-state index contributed by atoms with van der Waals surface area (Å²) in [5.41, 5.74) is 3.78. The molecular weight excluding hydrogens is 422 g/mol. The third-order valence-electron chi connectivity index (χ3n) is 4.62. The number of hydrogen-bond acceptors (Lipinski definition) is 5. The summed E-state index contributed by atoms with van der Waals surface area (Å²) in [4.78, 5) is 37.3. The second kappa shape index (κ2) is 10.2. The summed E-state index contributed by atoms with van der Waals surface area (Å²) in [6.07, 6.45) is 0.0475. The number of hydrazine groups is 1. The third-order valence-corrected chi connectivity index (χ3v) is 4.62. The van der Waals surface area contributed by atoms with E-state index in [9.17, 15) is 14.4 Å². The summed E-state index contributed by atoms with van der Waals surface area (Å²) in [6, 6.07) is 15.9. The molecule has 0 saturated heterocycles. The summed E-state index contributed by atoms with van der Waals surface area (Å²) >= 11 is 0. The van der Waals surface area contributed by atoms with E-state index in [2.05, 4.69) is 10.7 Å². The van der Waals surface area contributed by atoms with Crippen molar-refractivity contribution in [1.82, 2.24) is 15.8 Å². The molecule has 174 valence electrons. The molecule has 33 heavy (non-hydrogen) atoms. The maximum atomic E-state index is 12.6. The third kappa shape index (κ3) is 6.58. The SMILES string of the molecule is CCCN(NC(=O)c1ccc(CNC(=O)c2cc3ccccc3o2)cc1)C(=O)OC(C)(C)C. The van der Waals surface area contributed by atoms with Crippen molar-refractivity contribution in [3.05, 3.63) is 71.5 Å². The van der Waals surface area contributed by atoms with Crippen molar-refractivity contribution < 1.29 is 23.5 Å². The molecule has 3 amide bonds. The van der Waals surface area contributed by atoms with Crippen LogP contribution < -0.4 is 10.7 Å². The van der Waals surface area contributed by atoms with Gasteiger partial charge in [0.05, 0.1) is 0 Å². The molecule has 0 atom stereocenters. The number of rotatable bonds is 6. The zero-order valence-corrected chi connectivity index (χ0v) is 19.3. The van der Waals surface area contributed by atoms with Crippen molar-refractivity contribution in [3.8, 4) is 0 Å². The summed E-state index contributed by atoms with van der Waals surface area (Å²) in [6.45, 7) is 7.80. The molecule has 0 radical (unpaired) electrons. The number of ether oxygens (including phenoxy) is 1. The molecule has 0 spiro atoms. The highest BCUT2D eigenvalue weighted by Gasteiger charge is 2.23. The van der Waals surface area contributed by atoms with Crippen LogP contribution in [0.25, 0.3) is 11.0 Å². The van der Waals surface area contributed by atoms with Gasteiger partial charge in [-0.05, 0) is 57.0 Å². The molecule has 0 unspecified atom stereocenters. The molecule has 3 rings (SSSR count). The number of benzene rings is 2. The molecule has 1 aromatic heterocycles. The highest BCUT2D eigenvalue weighted by molar-refractivity contribution is 5.96. The summed E-state index contributed by atoms with van der Waals surface area (Å²) in [7, 11) is 0. The lowest BCUT2D eigenvalue weighted by Crippen LogP contribution is -2.48. The average Bonchev–Trinajstić information content (AvgIpc) is 3.21. The van der Waals surface area contributed by atoms with Gasteiger partial charge < -0.3 is 14.5 Å². The van der Waals surface area contributed by atoms with Crippen LogP contribution in [0.3, 0.4) is 0 Å². The minimum absolute atomic E-state index is 0.241. The normalized spacial score (nSPS) is 11.2. The van der Waals surface area contributed by atoms with Crippen LogP contribution in [0.5, 0.6) is 0 Å². The van der Waals surface area contributed by atoms with Crippen LogP contribution in [0.15, 0.2) is 59.0 Å². The van der Waals surface area contributed by atoms with Crippen molar-refractivity contribution in [3.63, 3.8) is 0 Å². The molecule has 0 aliphatic carbocycles. The first kappa shape index (κ1) is 23.8.